The van der Waals surface area contributed by atoms with Gasteiger partial charge in [-0.2, -0.15) is 0 Å². The lowest BCUT2D eigenvalue weighted by molar-refractivity contribution is -0.138. The Bertz CT molecular complexity index is 294. The lowest BCUT2D eigenvalue weighted by atomic mass is 9.94. The Kier molecular flexibility index (Phi) is 2.43. The highest BCUT2D eigenvalue weighted by molar-refractivity contribution is 5.69. The van der Waals surface area contributed by atoms with Crippen LogP contribution in [0.1, 0.15) is 20.3 Å². The molecule has 0 saturated heterocycles. The van der Waals surface area contributed by atoms with Crippen molar-refractivity contribution >= 4 is 5.97 Å². The SMILES string of the molecule is CC1=CNC(N)(CC(=O)O)C(C)=C1. The second-order valence-electron chi connectivity index (χ2n) is 3.40. The molecule has 1 aliphatic rings. The van der Waals surface area contributed by atoms with Crippen LogP contribution in [0.5, 0.6) is 0 Å². The van der Waals surface area contributed by atoms with Gasteiger partial charge in [-0.05, 0) is 25.0 Å². The third-order valence-electron chi connectivity index (χ3n) is 2.14. The van der Waals surface area contributed by atoms with Crippen LogP contribution in [0.4, 0.5) is 0 Å². The fourth-order valence-corrected chi connectivity index (χ4v) is 1.30. The lowest BCUT2D eigenvalue weighted by Gasteiger charge is -2.32. The molecule has 1 heterocycles. The molecule has 0 spiro atoms. The molecule has 72 valence electrons. The zero-order valence-electron chi connectivity index (χ0n) is 7.79. The first kappa shape index (κ1) is 9.80. The fourth-order valence-electron chi connectivity index (χ4n) is 1.30. The van der Waals surface area contributed by atoms with E-state index in [-0.39, 0.29) is 6.42 Å². The number of carboxylic acid groups (broad SMARTS) is 1. The van der Waals surface area contributed by atoms with Crippen molar-refractivity contribution < 1.29 is 9.90 Å². The van der Waals surface area contributed by atoms with Crippen molar-refractivity contribution in [1.29, 1.82) is 0 Å². The Hall–Kier alpha value is -1.29. The molecule has 1 aliphatic heterocycles. The summed E-state index contributed by atoms with van der Waals surface area (Å²) in [6, 6.07) is 0. The van der Waals surface area contributed by atoms with Gasteiger partial charge >= 0.3 is 5.97 Å². The molecule has 0 bridgehead atoms. The number of nitrogens with one attached hydrogen (secondary N) is 1. The van der Waals surface area contributed by atoms with Crippen molar-refractivity contribution in [2.24, 2.45) is 5.73 Å². The Morgan fingerprint density at radius 3 is 2.77 bits per heavy atom. The number of allylic oxidation sites excluding steroid dienone is 2. The van der Waals surface area contributed by atoms with Crippen LogP contribution >= 0.6 is 0 Å². The summed E-state index contributed by atoms with van der Waals surface area (Å²) in [7, 11) is 0. The molecule has 0 aromatic carbocycles. The molecule has 0 radical (unpaired) electrons. The van der Waals surface area contributed by atoms with Crippen LogP contribution in [0, 0.1) is 0 Å². The second-order valence-corrected chi connectivity index (χ2v) is 3.40. The lowest BCUT2D eigenvalue weighted by Crippen LogP contribution is -2.54. The van der Waals surface area contributed by atoms with Crippen molar-refractivity contribution in [1.82, 2.24) is 5.32 Å². The number of rotatable bonds is 2. The number of hydrogen-bond acceptors (Lipinski definition) is 3. The summed E-state index contributed by atoms with van der Waals surface area (Å²) in [5, 5.41) is 11.5. The number of aliphatic carboxylic acids is 1. The highest BCUT2D eigenvalue weighted by Gasteiger charge is 2.30. The Morgan fingerprint density at radius 1 is 1.69 bits per heavy atom. The summed E-state index contributed by atoms with van der Waals surface area (Å²) in [5.41, 5.74) is 6.82. The van der Waals surface area contributed by atoms with E-state index in [1.165, 1.54) is 0 Å². The van der Waals surface area contributed by atoms with Crippen LogP contribution in [-0.4, -0.2) is 16.7 Å². The van der Waals surface area contributed by atoms with E-state index in [4.69, 9.17) is 10.8 Å². The van der Waals surface area contributed by atoms with Crippen molar-refractivity contribution in [3.63, 3.8) is 0 Å². The quantitative estimate of drug-likeness (QED) is 0.583. The third kappa shape index (κ3) is 2.09. The van der Waals surface area contributed by atoms with Gasteiger partial charge in [0.1, 0.15) is 5.66 Å². The summed E-state index contributed by atoms with van der Waals surface area (Å²) in [5.74, 6) is -0.907. The molecule has 0 aromatic rings. The van der Waals surface area contributed by atoms with Gasteiger partial charge in [0.05, 0.1) is 6.42 Å². The van der Waals surface area contributed by atoms with E-state index < -0.39 is 11.6 Å². The van der Waals surface area contributed by atoms with Crippen LogP contribution in [0.15, 0.2) is 23.4 Å². The van der Waals surface area contributed by atoms with Gasteiger partial charge in [-0.1, -0.05) is 6.08 Å². The van der Waals surface area contributed by atoms with Gasteiger partial charge < -0.3 is 16.2 Å². The Balaban J connectivity index is 2.84. The molecule has 4 nitrogen and oxygen atoms in total. The molecular weight excluding hydrogens is 168 g/mol. The summed E-state index contributed by atoms with van der Waals surface area (Å²) in [6.07, 6.45) is 3.51. The van der Waals surface area contributed by atoms with E-state index in [0.717, 1.165) is 11.1 Å². The predicted octanol–water partition coefficient (Wildman–Crippen LogP) is 0.569. The van der Waals surface area contributed by atoms with E-state index in [0.29, 0.717) is 0 Å². The van der Waals surface area contributed by atoms with Gasteiger partial charge in [0.25, 0.3) is 0 Å². The minimum atomic E-state index is -0.925. The van der Waals surface area contributed by atoms with Crippen LogP contribution in [-0.2, 0) is 4.79 Å². The van der Waals surface area contributed by atoms with Crippen molar-refractivity contribution in [3.8, 4) is 0 Å². The number of hydrogen-bond donors (Lipinski definition) is 3. The van der Waals surface area contributed by atoms with E-state index in [1.54, 1.807) is 6.20 Å². The van der Waals surface area contributed by atoms with E-state index in [2.05, 4.69) is 5.32 Å². The van der Waals surface area contributed by atoms with E-state index in [1.807, 2.05) is 19.9 Å². The summed E-state index contributed by atoms with van der Waals surface area (Å²) in [6.45, 7) is 3.75. The standard InChI is InChI=1S/C9H14N2O2/c1-6-3-7(2)9(10,11-5-6)4-8(12)13/h3,5,11H,4,10H2,1-2H3,(H,12,13). The zero-order valence-corrected chi connectivity index (χ0v) is 7.79. The van der Waals surface area contributed by atoms with Gasteiger partial charge in [0.2, 0.25) is 0 Å². The molecule has 13 heavy (non-hydrogen) atoms. The molecule has 1 atom stereocenters. The molecular formula is C9H14N2O2. The van der Waals surface area contributed by atoms with Gasteiger partial charge in [0.15, 0.2) is 0 Å². The van der Waals surface area contributed by atoms with Gasteiger partial charge in [-0.25, -0.2) is 0 Å². The smallest absolute Gasteiger partial charge is 0.307 e. The van der Waals surface area contributed by atoms with Crippen molar-refractivity contribution in [2.75, 3.05) is 0 Å². The van der Waals surface area contributed by atoms with Gasteiger partial charge in [-0.15, -0.1) is 0 Å². The molecule has 0 aromatic heterocycles. The number of carboxylic acids is 1. The summed E-state index contributed by atoms with van der Waals surface area (Å²) < 4.78 is 0. The van der Waals surface area contributed by atoms with Gasteiger partial charge in [0, 0.05) is 6.20 Å². The van der Waals surface area contributed by atoms with Crippen molar-refractivity contribution in [3.05, 3.63) is 23.4 Å². The molecule has 1 unspecified atom stereocenters. The minimum Gasteiger partial charge on any atom is -0.481 e. The van der Waals surface area contributed by atoms with Gasteiger partial charge in [-0.3, -0.25) is 4.79 Å². The molecule has 4 N–H and O–H groups in total. The molecule has 4 heteroatoms. The fraction of sp³-hybridized carbons (Fsp3) is 0.444. The molecule has 1 rings (SSSR count). The van der Waals surface area contributed by atoms with Crippen LogP contribution in [0.3, 0.4) is 0 Å². The largest absolute Gasteiger partial charge is 0.481 e. The van der Waals surface area contributed by atoms with Crippen LogP contribution in [0.2, 0.25) is 0 Å². The second kappa shape index (κ2) is 3.22. The average molecular weight is 182 g/mol. The molecule has 0 amide bonds. The Morgan fingerprint density at radius 2 is 2.31 bits per heavy atom. The van der Waals surface area contributed by atoms with E-state index >= 15 is 0 Å². The summed E-state index contributed by atoms with van der Waals surface area (Å²) >= 11 is 0. The maximum absolute atomic E-state index is 10.5. The van der Waals surface area contributed by atoms with Crippen LogP contribution < -0.4 is 11.1 Å². The minimum absolute atomic E-state index is 0.112. The Labute approximate surface area is 77.1 Å². The normalized spacial score (nSPS) is 27.3. The molecule has 0 fully saturated rings. The first-order valence-electron chi connectivity index (χ1n) is 4.08. The zero-order chi connectivity index (χ0) is 10.1. The highest BCUT2D eigenvalue weighted by atomic mass is 16.4. The summed E-state index contributed by atoms with van der Waals surface area (Å²) in [4.78, 5) is 10.5. The number of nitrogens with two attached hydrogens (primary N) is 1. The maximum atomic E-state index is 10.5. The first-order valence-corrected chi connectivity index (χ1v) is 4.08. The third-order valence-corrected chi connectivity index (χ3v) is 2.14. The van der Waals surface area contributed by atoms with Crippen LogP contribution in [0.25, 0.3) is 0 Å². The number of carbonyl (C=O) groups is 1. The predicted molar refractivity (Wildman–Crippen MR) is 49.8 cm³/mol. The molecule has 0 aliphatic carbocycles. The highest BCUT2D eigenvalue weighted by Crippen LogP contribution is 2.20. The molecule has 0 saturated carbocycles. The maximum Gasteiger partial charge on any atom is 0.307 e. The topological polar surface area (TPSA) is 75.3 Å². The number of dihydropyridines is 1. The monoisotopic (exact) mass is 182 g/mol. The average Bonchev–Trinajstić information content (AvgIpc) is 1.97. The van der Waals surface area contributed by atoms with Crippen molar-refractivity contribution in [2.45, 2.75) is 25.9 Å². The first-order chi connectivity index (χ1) is 5.94. The van der Waals surface area contributed by atoms with E-state index in [9.17, 15) is 4.79 Å².